The van der Waals surface area contributed by atoms with E-state index in [0.29, 0.717) is 17.5 Å². The maximum Gasteiger partial charge on any atom is 0.138 e. The normalized spacial score (nSPS) is 16.4. The Morgan fingerprint density at radius 2 is 2.29 bits per heavy atom. The number of hydrogen-bond acceptors (Lipinski definition) is 2. The highest BCUT2D eigenvalue weighted by Gasteiger charge is 2.19. The fraction of sp³-hybridized carbons (Fsp3) is 0.455. The predicted molar refractivity (Wildman–Crippen MR) is 56.0 cm³/mol. The van der Waals surface area contributed by atoms with Gasteiger partial charge in [-0.15, -0.1) is 0 Å². The monoisotopic (exact) mass is 212 g/mol. The molecule has 0 atom stereocenters. The maximum atomic E-state index is 5.98. The lowest BCUT2D eigenvalue weighted by atomic mass is 10.1. The molecule has 1 aromatic rings. The second-order valence-corrected chi connectivity index (χ2v) is 4.06. The maximum absolute atomic E-state index is 5.98. The van der Waals surface area contributed by atoms with Gasteiger partial charge in [-0.2, -0.15) is 0 Å². The highest BCUT2D eigenvalue weighted by Crippen LogP contribution is 2.26. The molecule has 0 aromatic heterocycles. The van der Waals surface area contributed by atoms with Crippen molar-refractivity contribution in [2.24, 2.45) is 5.92 Å². The van der Waals surface area contributed by atoms with Crippen molar-refractivity contribution >= 4 is 11.6 Å². The quantitative estimate of drug-likeness (QED) is 0.767. The molecule has 0 bridgehead atoms. The number of ether oxygens (including phenoxy) is 2. The van der Waals surface area contributed by atoms with Gasteiger partial charge in [0.1, 0.15) is 5.75 Å². The largest absolute Gasteiger partial charge is 0.492 e. The van der Waals surface area contributed by atoms with Crippen LogP contribution in [-0.2, 0) is 4.74 Å². The molecule has 1 aromatic carbocycles. The molecule has 14 heavy (non-hydrogen) atoms. The van der Waals surface area contributed by atoms with Crippen LogP contribution in [0.3, 0.4) is 0 Å². The van der Waals surface area contributed by atoms with Crippen molar-refractivity contribution in [1.29, 1.82) is 0 Å². The van der Waals surface area contributed by atoms with E-state index in [9.17, 15) is 0 Å². The van der Waals surface area contributed by atoms with E-state index < -0.39 is 0 Å². The zero-order valence-electron chi connectivity index (χ0n) is 8.13. The first-order chi connectivity index (χ1) is 6.75. The molecule has 1 aliphatic rings. The van der Waals surface area contributed by atoms with Crippen LogP contribution in [-0.4, -0.2) is 19.8 Å². The summed E-state index contributed by atoms with van der Waals surface area (Å²) in [5.74, 6) is 1.31. The SMILES string of the molecule is Cc1ccc(Cl)c(OCC2COC2)c1. The average Bonchev–Trinajstić information content (AvgIpc) is 2.08. The van der Waals surface area contributed by atoms with Gasteiger partial charge in [0.15, 0.2) is 0 Å². The average molecular weight is 213 g/mol. The summed E-state index contributed by atoms with van der Waals surface area (Å²) in [6.45, 7) is 4.34. The van der Waals surface area contributed by atoms with E-state index in [1.165, 1.54) is 0 Å². The Hall–Kier alpha value is -0.730. The first kappa shape index (κ1) is 9.81. The Morgan fingerprint density at radius 1 is 1.50 bits per heavy atom. The van der Waals surface area contributed by atoms with Crippen molar-refractivity contribution in [3.05, 3.63) is 28.8 Å². The van der Waals surface area contributed by atoms with Gasteiger partial charge in [0.05, 0.1) is 24.8 Å². The van der Waals surface area contributed by atoms with Gasteiger partial charge in [-0.3, -0.25) is 0 Å². The first-order valence-corrected chi connectivity index (χ1v) is 5.10. The van der Waals surface area contributed by atoms with Crippen LogP contribution in [0.4, 0.5) is 0 Å². The fourth-order valence-electron chi connectivity index (χ4n) is 1.31. The molecule has 2 rings (SSSR count). The van der Waals surface area contributed by atoms with Crippen LogP contribution < -0.4 is 4.74 Å². The zero-order valence-corrected chi connectivity index (χ0v) is 8.88. The van der Waals surface area contributed by atoms with Gasteiger partial charge in [0, 0.05) is 5.92 Å². The summed E-state index contributed by atoms with van der Waals surface area (Å²) in [6, 6.07) is 5.80. The third-order valence-corrected chi connectivity index (χ3v) is 2.58. The number of rotatable bonds is 3. The van der Waals surface area contributed by atoms with Crippen LogP contribution in [0.5, 0.6) is 5.75 Å². The molecule has 1 heterocycles. The predicted octanol–water partition coefficient (Wildman–Crippen LogP) is 2.67. The summed E-state index contributed by atoms with van der Waals surface area (Å²) in [4.78, 5) is 0. The molecule has 1 fully saturated rings. The topological polar surface area (TPSA) is 18.5 Å². The second kappa shape index (κ2) is 4.20. The van der Waals surface area contributed by atoms with Crippen molar-refractivity contribution < 1.29 is 9.47 Å². The first-order valence-electron chi connectivity index (χ1n) is 4.72. The molecule has 3 heteroatoms. The molecule has 0 N–H and O–H groups in total. The molecule has 1 aliphatic heterocycles. The molecule has 0 aliphatic carbocycles. The lowest BCUT2D eigenvalue weighted by Crippen LogP contribution is -2.32. The highest BCUT2D eigenvalue weighted by atomic mass is 35.5. The summed E-state index contributed by atoms with van der Waals surface area (Å²) in [5.41, 5.74) is 1.16. The summed E-state index contributed by atoms with van der Waals surface area (Å²) < 4.78 is 10.7. The van der Waals surface area contributed by atoms with Crippen LogP contribution in [0.25, 0.3) is 0 Å². The van der Waals surface area contributed by atoms with E-state index in [2.05, 4.69) is 0 Å². The summed E-state index contributed by atoms with van der Waals surface area (Å²) >= 11 is 5.98. The van der Waals surface area contributed by atoms with Crippen LogP contribution in [0.1, 0.15) is 5.56 Å². The van der Waals surface area contributed by atoms with Gasteiger partial charge in [-0.1, -0.05) is 17.7 Å². The third-order valence-electron chi connectivity index (χ3n) is 2.27. The van der Waals surface area contributed by atoms with Crippen molar-refractivity contribution in [3.8, 4) is 5.75 Å². The fourth-order valence-corrected chi connectivity index (χ4v) is 1.48. The number of halogens is 1. The molecule has 0 amide bonds. The van der Waals surface area contributed by atoms with E-state index in [1.54, 1.807) is 0 Å². The molecule has 0 unspecified atom stereocenters. The minimum Gasteiger partial charge on any atom is -0.492 e. The summed E-state index contributed by atoms with van der Waals surface area (Å²) in [5, 5.41) is 0.677. The molecule has 2 nitrogen and oxygen atoms in total. The van der Waals surface area contributed by atoms with Crippen LogP contribution >= 0.6 is 11.6 Å². The molecular formula is C11H13ClO2. The van der Waals surface area contributed by atoms with Crippen LogP contribution in [0.15, 0.2) is 18.2 Å². The number of hydrogen-bond donors (Lipinski definition) is 0. The molecule has 0 saturated carbocycles. The van der Waals surface area contributed by atoms with Crippen molar-refractivity contribution in [1.82, 2.24) is 0 Å². The van der Waals surface area contributed by atoms with Crippen molar-refractivity contribution in [2.75, 3.05) is 19.8 Å². The van der Waals surface area contributed by atoms with Gasteiger partial charge in [-0.05, 0) is 24.6 Å². The Kier molecular flexibility index (Phi) is 2.94. The van der Waals surface area contributed by atoms with Crippen LogP contribution in [0, 0.1) is 12.8 Å². The van der Waals surface area contributed by atoms with Crippen molar-refractivity contribution in [2.45, 2.75) is 6.92 Å². The van der Waals surface area contributed by atoms with Gasteiger partial charge in [0.25, 0.3) is 0 Å². The molecule has 76 valence electrons. The third kappa shape index (κ3) is 2.20. The van der Waals surface area contributed by atoms with Gasteiger partial charge in [-0.25, -0.2) is 0 Å². The lowest BCUT2D eigenvalue weighted by Gasteiger charge is -2.25. The molecular weight excluding hydrogens is 200 g/mol. The summed E-state index contributed by atoms with van der Waals surface area (Å²) in [7, 11) is 0. The van der Waals surface area contributed by atoms with E-state index in [4.69, 9.17) is 21.1 Å². The Morgan fingerprint density at radius 3 is 2.93 bits per heavy atom. The van der Waals surface area contributed by atoms with Gasteiger partial charge < -0.3 is 9.47 Å². The Balaban J connectivity index is 1.96. The smallest absolute Gasteiger partial charge is 0.138 e. The molecule has 0 spiro atoms. The number of aryl methyl sites for hydroxylation is 1. The van der Waals surface area contributed by atoms with E-state index in [-0.39, 0.29) is 0 Å². The Bertz CT molecular complexity index is 321. The van der Waals surface area contributed by atoms with Crippen molar-refractivity contribution in [3.63, 3.8) is 0 Å². The van der Waals surface area contributed by atoms with Gasteiger partial charge >= 0.3 is 0 Å². The lowest BCUT2D eigenvalue weighted by molar-refractivity contribution is -0.0508. The summed E-state index contributed by atoms with van der Waals surface area (Å²) in [6.07, 6.45) is 0. The second-order valence-electron chi connectivity index (χ2n) is 3.65. The minimum absolute atomic E-state index is 0.534. The van der Waals surface area contributed by atoms with E-state index in [1.807, 2.05) is 25.1 Å². The zero-order chi connectivity index (χ0) is 9.97. The van der Waals surface area contributed by atoms with Gasteiger partial charge in [0.2, 0.25) is 0 Å². The minimum atomic E-state index is 0.534. The highest BCUT2D eigenvalue weighted by molar-refractivity contribution is 6.32. The van der Waals surface area contributed by atoms with E-state index in [0.717, 1.165) is 24.5 Å². The standard InChI is InChI=1S/C11H13ClO2/c1-8-2-3-10(12)11(4-8)14-7-9-5-13-6-9/h2-4,9H,5-7H2,1H3. The molecule has 0 radical (unpaired) electrons. The van der Waals surface area contributed by atoms with E-state index >= 15 is 0 Å². The number of benzene rings is 1. The Labute approximate surface area is 88.8 Å². The molecule has 1 saturated heterocycles. The van der Waals surface area contributed by atoms with Crippen LogP contribution in [0.2, 0.25) is 5.02 Å².